The molecule has 162 valence electrons. The van der Waals surface area contributed by atoms with Crippen molar-refractivity contribution >= 4 is 11.8 Å². The summed E-state index contributed by atoms with van der Waals surface area (Å²) in [4.78, 5) is 28.6. The van der Waals surface area contributed by atoms with Crippen LogP contribution in [0, 0.1) is 13.8 Å². The van der Waals surface area contributed by atoms with E-state index in [1.54, 1.807) is 25.4 Å². The Morgan fingerprint density at radius 2 is 2.00 bits per heavy atom. The fraction of sp³-hybridized carbons (Fsp3) is 0.650. The van der Waals surface area contributed by atoms with Gasteiger partial charge in [-0.05, 0) is 32.8 Å². The third kappa shape index (κ3) is 4.36. The normalized spacial score (nSPS) is 21.6. The number of alkyl halides is 1. The second-order valence-electron chi connectivity index (χ2n) is 8.26. The Labute approximate surface area is 174 Å². The van der Waals surface area contributed by atoms with E-state index in [4.69, 9.17) is 0 Å². The van der Waals surface area contributed by atoms with Gasteiger partial charge < -0.3 is 9.80 Å². The van der Waals surface area contributed by atoms with E-state index in [1.807, 2.05) is 19.9 Å². The first-order valence-corrected chi connectivity index (χ1v) is 10.5. The van der Waals surface area contributed by atoms with Crippen LogP contribution < -0.4 is 0 Å². The molecule has 30 heavy (non-hydrogen) atoms. The van der Waals surface area contributed by atoms with Crippen LogP contribution in [-0.4, -0.2) is 78.2 Å². The maximum atomic E-state index is 14.1. The first-order chi connectivity index (χ1) is 14.4. The van der Waals surface area contributed by atoms with Gasteiger partial charge in [0.2, 0.25) is 5.91 Å². The summed E-state index contributed by atoms with van der Waals surface area (Å²) in [5.74, 6) is -0.215. The molecule has 2 aromatic heterocycles. The van der Waals surface area contributed by atoms with Gasteiger partial charge >= 0.3 is 0 Å². The number of hydrogen-bond acceptors (Lipinski definition) is 5. The molecule has 9 nitrogen and oxygen atoms in total. The van der Waals surface area contributed by atoms with E-state index in [-0.39, 0.29) is 37.2 Å². The number of aromatic nitrogens is 5. The summed E-state index contributed by atoms with van der Waals surface area (Å²) in [5.41, 5.74) is 2.21. The molecule has 2 aliphatic heterocycles. The fourth-order valence-corrected chi connectivity index (χ4v) is 4.37. The summed E-state index contributed by atoms with van der Waals surface area (Å²) in [6.07, 6.45) is 3.09. The maximum absolute atomic E-state index is 14.1. The van der Waals surface area contributed by atoms with Crippen molar-refractivity contribution in [3.05, 3.63) is 29.3 Å². The van der Waals surface area contributed by atoms with Crippen LogP contribution in [-0.2, 0) is 17.9 Å². The lowest BCUT2D eigenvalue weighted by Gasteiger charge is -2.24. The second-order valence-corrected chi connectivity index (χ2v) is 8.26. The number of nitrogens with zero attached hydrogens (tertiary/aromatic N) is 7. The first-order valence-electron chi connectivity index (χ1n) is 10.5. The zero-order valence-electron chi connectivity index (χ0n) is 17.5. The number of carbonyl (C=O) groups is 2. The van der Waals surface area contributed by atoms with Crippen molar-refractivity contribution in [2.24, 2.45) is 0 Å². The Morgan fingerprint density at radius 3 is 2.70 bits per heavy atom. The van der Waals surface area contributed by atoms with Gasteiger partial charge in [-0.1, -0.05) is 5.21 Å². The number of carbonyl (C=O) groups excluding carboxylic acids is 2. The molecule has 0 saturated carbocycles. The Morgan fingerprint density at radius 1 is 1.23 bits per heavy atom. The van der Waals surface area contributed by atoms with Gasteiger partial charge in [0.05, 0.1) is 31.0 Å². The smallest absolute Gasteiger partial charge is 0.276 e. The quantitative estimate of drug-likeness (QED) is 0.708. The lowest BCUT2D eigenvalue weighted by Crippen LogP contribution is -2.38. The topological polar surface area (TPSA) is 89.2 Å². The van der Waals surface area contributed by atoms with Gasteiger partial charge in [-0.2, -0.15) is 5.10 Å². The minimum atomic E-state index is -1.05. The summed E-state index contributed by atoms with van der Waals surface area (Å²) in [6.45, 7) is 6.24. The standard InChI is InChI=1S/C20H28FN7O2/c1-14-9-15(2)28(23-14)8-5-19(29)27-11-16(21)10-17(27)12-26-13-18(22-24-26)20(30)25-6-3-4-7-25/h9,13,16-17H,3-8,10-12H2,1-2H3/t16-,17-/m0/s1. The highest BCUT2D eigenvalue weighted by Gasteiger charge is 2.35. The van der Waals surface area contributed by atoms with Crippen molar-refractivity contribution in [1.29, 1.82) is 0 Å². The summed E-state index contributed by atoms with van der Waals surface area (Å²) in [6, 6.07) is 1.66. The number of aryl methyl sites for hydroxylation is 3. The van der Waals surface area contributed by atoms with Crippen LogP contribution in [0.2, 0.25) is 0 Å². The van der Waals surface area contributed by atoms with Gasteiger partial charge in [0.25, 0.3) is 5.91 Å². The number of rotatable bonds is 6. The molecule has 2 saturated heterocycles. The van der Waals surface area contributed by atoms with Gasteiger partial charge in [0.15, 0.2) is 5.69 Å². The van der Waals surface area contributed by atoms with Crippen LogP contribution in [0.15, 0.2) is 12.3 Å². The molecule has 2 aromatic rings. The highest BCUT2D eigenvalue weighted by atomic mass is 19.1. The van der Waals surface area contributed by atoms with Crippen LogP contribution in [0.3, 0.4) is 0 Å². The Kier molecular flexibility index (Phi) is 5.83. The SMILES string of the molecule is Cc1cc(C)n(CCC(=O)N2C[C@@H](F)C[C@H]2Cn2cc(C(=O)N3CCCC3)nn2)n1. The number of amides is 2. The molecule has 4 heterocycles. The lowest BCUT2D eigenvalue weighted by molar-refractivity contribution is -0.132. The molecule has 2 atom stereocenters. The molecule has 0 spiro atoms. The minimum Gasteiger partial charge on any atom is -0.337 e. The third-order valence-corrected chi connectivity index (χ3v) is 5.87. The van der Waals surface area contributed by atoms with Gasteiger partial charge in [-0.3, -0.25) is 14.3 Å². The van der Waals surface area contributed by atoms with Gasteiger partial charge in [-0.15, -0.1) is 5.10 Å². The Bertz CT molecular complexity index is 918. The fourth-order valence-electron chi connectivity index (χ4n) is 4.37. The highest BCUT2D eigenvalue weighted by molar-refractivity contribution is 5.92. The molecule has 0 bridgehead atoms. The average molecular weight is 417 g/mol. The van der Waals surface area contributed by atoms with Gasteiger partial charge in [0, 0.05) is 38.2 Å². The Balaban J connectivity index is 1.37. The second kappa shape index (κ2) is 8.53. The van der Waals surface area contributed by atoms with E-state index < -0.39 is 6.17 Å². The number of hydrogen-bond donors (Lipinski definition) is 0. The van der Waals surface area contributed by atoms with Gasteiger partial charge in [0.1, 0.15) is 6.17 Å². The number of halogens is 1. The van der Waals surface area contributed by atoms with Crippen LogP contribution in [0.4, 0.5) is 4.39 Å². The van der Waals surface area contributed by atoms with Crippen LogP contribution in [0.5, 0.6) is 0 Å². The summed E-state index contributed by atoms with van der Waals surface area (Å²) >= 11 is 0. The predicted molar refractivity (Wildman–Crippen MR) is 106 cm³/mol. The molecular weight excluding hydrogens is 389 g/mol. The lowest BCUT2D eigenvalue weighted by atomic mass is 10.2. The summed E-state index contributed by atoms with van der Waals surface area (Å²) in [7, 11) is 0. The average Bonchev–Trinajstić information content (AvgIpc) is 3.48. The van der Waals surface area contributed by atoms with Crippen LogP contribution in [0.1, 0.15) is 47.6 Å². The largest absolute Gasteiger partial charge is 0.337 e. The van der Waals surface area contributed by atoms with Crippen LogP contribution >= 0.6 is 0 Å². The molecule has 4 rings (SSSR count). The van der Waals surface area contributed by atoms with E-state index in [2.05, 4.69) is 15.4 Å². The summed E-state index contributed by atoms with van der Waals surface area (Å²) in [5, 5.41) is 12.4. The molecule has 0 aromatic carbocycles. The summed E-state index contributed by atoms with van der Waals surface area (Å²) < 4.78 is 17.5. The van der Waals surface area contributed by atoms with E-state index in [1.165, 1.54) is 0 Å². The van der Waals surface area contributed by atoms with E-state index >= 15 is 0 Å². The first kappa shape index (κ1) is 20.5. The molecule has 0 N–H and O–H groups in total. The molecule has 10 heteroatoms. The van der Waals surface area contributed by atoms with E-state index in [9.17, 15) is 14.0 Å². The van der Waals surface area contributed by atoms with Crippen molar-refractivity contribution in [2.75, 3.05) is 19.6 Å². The van der Waals surface area contributed by atoms with Crippen molar-refractivity contribution in [2.45, 2.75) is 64.8 Å². The monoisotopic (exact) mass is 417 g/mol. The molecule has 0 radical (unpaired) electrons. The van der Waals surface area contributed by atoms with Crippen molar-refractivity contribution < 1.29 is 14.0 Å². The molecule has 2 fully saturated rings. The number of likely N-dealkylation sites (tertiary alicyclic amines) is 2. The minimum absolute atomic E-state index is 0.0921. The molecule has 0 unspecified atom stereocenters. The molecule has 2 amide bonds. The van der Waals surface area contributed by atoms with Crippen LogP contribution in [0.25, 0.3) is 0 Å². The molecular formula is C20H28FN7O2. The Hall–Kier alpha value is -2.78. The zero-order valence-corrected chi connectivity index (χ0v) is 17.5. The van der Waals surface area contributed by atoms with Crippen molar-refractivity contribution in [3.63, 3.8) is 0 Å². The maximum Gasteiger partial charge on any atom is 0.276 e. The molecule has 0 aliphatic carbocycles. The van der Waals surface area contributed by atoms with Crippen molar-refractivity contribution in [3.8, 4) is 0 Å². The predicted octanol–water partition coefficient (Wildman–Crippen LogP) is 1.36. The van der Waals surface area contributed by atoms with E-state index in [0.29, 0.717) is 18.8 Å². The van der Waals surface area contributed by atoms with E-state index in [0.717, 1.165) is 37.3 Å². The molecule has 2 aliphatic rings. The zero-order chi connectivity index (χ0) is 21.3. The van der Waals surface area contributed by atoms with Gasteiger partial charge in [-0.25, -0.2) is 9.07 Å². The third-order valence-electron chi connectivity index (χ3n) is 5.87. The van der Waals surface area contributed by atoms with Crippen molar-refractivity contribution in [1.82, 2.24) is 34.6 Å². The highest BCUT2D eigenvalue weighted by Crippen LogP contribution is 2.23.